The van der Waals surface area contributed by atoms with Gasteiger partial charge in [-0.25, -0.2) is 4.98 Å². The number of nitrogens with one attached hydrogen (secondary N) is 1. The zero-order chi connectivity index (χ0) is 19.2. The molecule has 150 valence electrons. The highest BCUT2D eigenvalue weighted by Gasteiger charge is 2.39. The van der Waals surface area contributed by atoms with Gasteiger partial charge >= 0.3 is 0 Å². The van der Waals surface area contributed by atoms with Crippen LogP contribution in [-0.4, -0.2) is 46.6 Å². The van der Waals surface area contributed by atoms with Crippen LogP contribution in [0.4, 0.5) is 0 Å². The van der Waals surface area contributed by atoms with Crippen LogP contribution in [0.3, 0.4) is 0 Å². The van der Waals surface area contributed by atoms with Gasteiger partial charge in [0.15, 0.2) is 5.89 Å². The average molecular weight is 376 g/mol. The standard InChI is InChI=1S/C21H33N3O3/c1-20(2)10-14(11-21(3,4)23-20)9-18(25)24-7-5-17-16(12-24)22-19(27-17)15-6-8-26-13-15/h14-15,23H,5-13H2,1-4H3. The lowest BCUT2D eigenvalue weighted by molar-refractivity contribution is -0.133. The number of piperidine rings is 1. The second-order valence-corrected chi connectivity index (χ2v) is 9.92. The maximum absolute atomic E-state index is 13.0. The second-order valence-electron chi connectivity index (χ2n) is 9.92. The first-order valence-corrected chi connectivity index (χ1v) is 10.3. The van der Waals surface area contributed by atoms with Crippen molar-refractivity contribution in [3.8, 4) is 0 Å². The summed E-state index contributed by atoms with van der Waals surface area (Å²) >= 11 is 0. The Morgan fingerprint density at radius 2 is 2.00 bits per heavy atom. The van der Waals surface area contributed by atoms with Gasteiger partial charge in [-0.1, -0.05) is 0 Å². The van der Waals surface area contributed by atoms with E-state index in [0.29, 0.717) is 25.5 Å². The molecule has 6 nitrogen and oxygen atoms in total. The van der Waals surface area contributed by atoms with Crippen molar-refractivity contribution in [2.45, 2.75) is 83.3 Å². The van der Waals surface area contributed by atoms with Crippen molar-refractivity contribution in [1.82, 2.24) is 15.2 Å². The van der Waals surface area contributed by atoms with E-state index < -0.39 is 0 Å². The number of oxazole rings is 1. The molecule has 1 aromatic rings. The zero-order valence-corrected chi connectivity index (χ0v) is 17.1. The predicted molar refractivity (Wildman–Crippen MR) is 102 cm³/mol. The lowest BCUT2D eigenvalue weighted by Gasteiger charge is -2.46. The van der Waals surface area contributed by atoms with E-state index >= 15 is 0 Å². The monoisotopic (exact) mass is 375 g/mol. The molecule has 1 aromatic heterocycles. The predicted octanol–water partition coefficient (Wildman–Crippen LogP) is 3.01. The number of nitrogens with zero attached hydrogens (tertiary/aromatic N) is 2. The Balaban J connectivity index is 1.39. The summed E-state index contributed by atoms with van der Waals surface area (Å²) in [5, 5.41) is 3.70. The van der Waals surface area contributed by atoms with Crippen molar-refractivity contribution in [2.75, 3.05) is 19.8 Å². The van der Waals surface area contributed by atoms with Crippen LogP contribution in [0.5, 0.6) is 0 Å². The lowest BCUT2D eigenvalue weighted by Crippen LogP contribution is -2.58. The molecule has 0 saturated carbocycles. The Bertz CT molecular complexity index is 688. The largest absolute Gasteiger partial charge is 0.445 e. The summed E-state index contributed by atoms with van der Waals surface area (Å²) in [6.07, 6.45) is 4.45. The number of fused-ring (bicyclic) bond motifs is 1. The van der Waals surface area contributed by atoms with Crippen LogP contribution >= 0.6 is 0 Å². The summed E-state index contributed by atoms with van der Waals surface area (Å²) in [5.41, 5.74) is 1.10. The van der Waals surface area contributed by atoms with Crippen LogP contribution in [-0.2, 0) is 22.5 Å². The third-order valence-corrected chi connectivity index (χ3v) is 6.11. The fraction of sp³-hybridized carbons (Fsp3) is 0.810. The quantitative estimate of drug-likeness (QED) is 0.880. The van der Waals surface area contributed by atoms with E-state index in [1.807, 2.05) is 4.90 Å². The molecule has 4 heterocycles. The summed E-state index contributed by atoms with van der Waals surface area (Å²) in [5.74, 6) is 2.72. The Morgan fingerprint density at radius 3 is 2.67 bits per heavy atom. The SMILES string of the molecule is CC1(C)CC(CC(=O)N2CCc3oc(C4CCOC4)nc3C2)CC(C)(C)N1. The Hall–Kier alpha value is -1.40. The molecule has 1 atom stereocenters. The Kier molecular flexibility index (Phi) is 4.83. The van der Waals surface area contributed by atoms with Gasteiger partial charge in [-0.3, -0.25) is 4.79 Å². The molecule has 2 fully saturated rings. The number of ether oxygens (including phenoxy) is 1. The van der Waals surface area contributed by atoms with Gasteiger partial charge in [0, 0.05) is 37.1 Å². The van der Waals surface area contributed by atoms with Gasteiger partial charge in [-0.15, -0.1) is 0 Å². The van der Waals surface area contributed by atoms with Gasteiger partial charge in [0.2, 0.25) is 5.91 Å². The van der Waals surface area contributed by atoms with Crippen LogP contribution in [0, 0.1) is 5.92 Å². The number of carbonyl (C=O) groups is 1. The van der Waals surface area contributed by atoms with E-state index in [9.17, 15) is 4.79 Å². The molecule has 6 heteroatoms. The number of hydrogen-bond donors (Lipinski definition) is 1. The van der Waals surface area contributed by atoms with Gasteiger partial charge in [0.1, 0.15) is 11.5 Å². The third kappa shape index (κ3) is 4.21. The first-order valence-electron chi connectivity index (χ1n) is 10.3. The molecule has 1 amide bonds. The number of carbonyl (C=O) groups excluding carboxylic acids is 1. The third-order valence-electron chi connectivity index (χ3n) is 6.11. The van der Waals surface area contributed by atoms with E-state index in [-0.39, 0.29) is 22.9 Å². The van der Waals surface area contributed by atoms with Crippen LogP contribution < -0.4 is 5.32 Å². The highest BCUT2D eigenvalue weighted by atomic mass is 16.5. The van der Waals surface area contributed by atoms with Crippen molar-refractivity contribution in [3.63, 3.8) is 0 Å². The van der Waals surface area contributed by atoms with Crippen molar-refractivity contribution >= 4 is 5.91 Å². The van der Waals surface area contributed by atoms with Gasteiger partial charge in [-0.2, -0.15) is 0 Å². The lowest BCUT2D eigenvalue weighted by atomic mass is 9.74. The Labute approximate surface area is 162 Å². The molecular weight excluding hydrogens is 342 g/mol. The molecule has 0 bridgehead atoms. The highest BCUT2D eigenvalue weighted by molar-refractivity contribution is 5.76. The maximum atomic E-state index is 13.0. The van der Waals surface area contributed by atoms with Gasteiger partial charge < -0.3 is 19.4 Å². The molecule has 27 heavy (non-hydrogen) atoms. The number of aromatic nitrogens is 1. The van der Waals surface area contributed by atoms with Crippen LogP contribution in [0.15, 0.2) is 4.42 Å². The first-order chi connectivity index (χ1) is 12.7. The number of hydrogen-bond acceptors (Lipinski definition) is 5. The summed E-state index contributed by atoms with van der Waals surface area (Å²) in [6.45, 7) is 11.8. The molecule has 1 unspecified atom stereocenters. The molecule has 0 radical (unpaired) electrons. The van der Waals surface area contributed by atoms with Crippen molar-refractivity contribution in [3.05, 3.63) is 17.3 Å². The van der Waals surface area contributed by atoms with Gasteiger partial charge in [-0.05, 0) is 52.9 Å². The topological polar surface area (TPSA) is 67.6 Å². The van der Waals surface area contributed by atoms with Gasteiger partial charge in [0.05, 0.1) is 19.1 Å². The van der Waals surface area contributed by atoms with Crippen LogP contribution in [0.25, 0.3) is 0 Å². The normalized spacial score (nSPS) is 27.6. The van der Waals surface area contributed by atoms with Crippen molar-refractivity contribution in [1.29, 1.82) is 0 Å². The second kappa shape index (κ2) is 6.89. The van der Waals surface area contributed by atoms with Gasteiger partial charge in [0.25, 0.3) is 0 Å². The van der Waals surface area contributed by atoms with Crippen molar-refractivity contribution in [2.24, 2.45) is 5.92 Å². The molecular formula is C21H33N3O3. The molecule has 1 N–H and O–H groups in total. The Morgan fingerprint density at radius 1 is 1.26 bits per heavy atom. The van der Waals surface area contributed by atoms with Crippen LogP contribution in [0.1, 0.15) is 76.6 Å². The van der Waals surface area contributed by atoms with E-state index in [1.165, 1.54) is 0 Å². The summed E-state index contributed by atoms with van der Waals surface area (Å²) < 4.78 is 11.4. The maximum Gasteiger partial charge on any atom is 0.223 e. The minimum Gasteiger partial charge on any atom is -0.445 e. The highest BCUT2D eigenvalue weighted by Crippen LogP contribution is 2.35. The molecule has 3 aliphatic rings. The van der Waals surface area contributed by atoms with E-state index in [2.05, 4.69) is 33.0 Å². The molecule has 4 rings (SSSR count). The fourth-order valence-corrected chi connectivity index (χ4v) is 5.39. The fourth-order valence-electron chi connectivity index (χ4n) is 5.39. The molecule has 0 aliphatic carbocycles. The first kappa shape index (κ1) is 18.9. The summed E-state index contributed by atoms with van der Waals surface area (Å²) in [4.78, 5) is 19.7. The van der Waals surface area contributed by atoms with E-state index in [1.54, 1.807) is 0 Å². The minimum atomic E-state index is 0.0755. The summed E-state index contributed by atoms with van der Waals surface area (Å²) in [6, 6.07) is 0. The van der Waals surface area contributed by atoms with E-state index in [0.717, 1.165) is 56.2 Å². The average Bonchev–Trinajstić information content (AvgIpc) is 3.20. The zero-order valence-electron chi connectivity index (χ0n) is 17.1. The number of rotatable bonds is 3. The van der Waals surface area contributed by atoms with E-state index in [4.69, 9.17) is 14.1 Å². The summed E-state index contributed by atoms with van der Waals surface area (Å²) in [7, 11) is 0. The minimum absolute atomic E-state index is 0.0755. The van der Waals surface area contributed by atoms with Crippen molar-refractivity contribution < 1.29 is 13.9 Å². The number of amides is 1. The molecule has 0 spiro atoms. The molecule has 0 aromatic carbocycles. The van der Waals surface area contributed by atoms with Crippen LogP contribution in [0.2, 0.25) is 0 Å². The molecule has 2 saturated heterocycles. The smallest absolute Gasteiger partial charge is 0.223 e. The molecule has 3 aliphatic heterocycles.